The third kappa shape index (κ3) is 11.1. The van der Waals surface area contributed by atoms with Crippen molar-refractivity contribution < 1.29 is 19.1 Å². The van der Waals surface area contributed by atoms with E-state index in [0.29, 0.717) is 48.6 Å². The predicted molar refractivity (Wildman–Crippen MR) is 163 cm³/mol. The summed E-state index contributed by atoms with van der Waals surface area (Å²) in [5, 5.41) is 0. The van der Waals surface area contributed by atoms with Crippen LogP contribution in [-0.2, 0) is 19.1 Å². The molecule has 3 atom stereocenters. The normalized spacial score (nSPS) is 14.1. The van der Waals surface area contributed by atoms with E-state index in [9.17, 15) is 9.59 Å². The summed E-state index contributed by atoms with van der Waals surface area (Å²) in [5.74, 6) is 2.40. The molecule has 0 amide bonds. The van der Waals surface area contributed by atoms with Crippen LogP contribution in [0.2, 0.25) is 0 Å². The van der Waals surface area contributed by atoms with Gasteiger partial charge < -0.3 is 14.0 Å². The summed E-state index contributed by atoms with van der Waals surface area (Å²) >= 11 is 0. The molecule has 40 heavy (non-hydrogen) atoms. The van der Waals surface area contributed by atoms with E-state index >= 15 is 0 Å². The van der Waals surface area contributed by atoms with Crippen LogP contribution in [-0.4, -0.2) is 34.7 Å². The zero-order valence-electron chi connectivity index (χ0n) is 26.5. The molecule has 3 unspecified atom stereocenters. The van der Waals surface area contributed by atoms with Crippen molar-refractivity contribution in [2.24, 2.45) is 35.5 Å². The minimum absolute atomic E-state index is 0.0954. The number of aryl methyl sites for hydroxylation is 1. The second-order valence-corrected chi connectivity index (χ2v) is 13.0. The van der Waals surface area contributed by atoms with Gasteiger partial charge in [0.25, 0.3) is 0 Å². The molecule has 0 radical (unpaired) electrons. The number of imidazole rings is 1. The van der Waals surface area contributed by atoms with Gasteiger partial charge in [-0.05, 0) is 55.3 Å². The Balaban J connectivity index is 2.26. The molecule has 0 aliphatic heterocycles. The second-order valence-electron chi connectivity index (χ2n) is 13.0. The third-order valence-corrected chi connectivity index (χ3v) is 7.87. The summed E-state index contributed by atoms with van der Waals surface area (Å²) in [7, 11) is 0. The molecule has 2 rings (SSSR count). The first-order valence-corrected chi connectivity index (χ1v) is 15.3. The van der Waals surface area contributed by atoms with E-state index in [4.69, 9.17) is 14.5 Å². The first-order valence-electron chi connectivity index (χ1n) is 15.3. The molecule has 0 N–H and O–H groups in total. The first-order chi connectivity index (χ1) is 18.9. The predicted octanol–water partition coefficient (Wildman–Crippen LogP) is 8.29. The zero-order chi connectivity index (χ0) is 29.8. The minimum atomic E-state index is -0.852. The van der Waals surface area contributed by atoms with Gasteiger partial charge in [0.05, 0.1) is 25.3 Å². The number of hydrogen-bond donors (Lipinski definition) is 0. The summed E-state index contributed by atoms with van der Waals surface area (Å²) in [4.78, 5) is 31.6. The molecule has 2 aromatic rings. The largest absolute Gasteiger partial charge is 0.465 e. The van der Waals surface area contributed by atoms with Crippen LogP contribution in [0, 0.1) is 42.4 Å². The van der Waals surface area contributed by atoms with E-state index < -0.39 is 12.0 Å². The van der Waals surface area contributed by atoms with Gasteiger partial charge >= 0.3 is 11.9 Å². The number of aromatic nitrogens is 2. The number of ether oxygens (including phenoxy) is 2. The number of hydrogen-bond acceptors (Lipinski definition) is 5. The van der Waals surface area contributed by atoms with Crippen LogP contribution in [0.1, 0.15) is 99.2 Å². The Morgan fingerprint density at radius 2 is 1.30 bits per heavy atom. The molecule has 0 saturated heterocycles. The fourth-order valence-electron chi connectivity index (χ4n) is 4.86. The van der Waals surface area contributed by atoms with Gasteiger partial charge in [0.2, 0.25) is 0 Å². The van der Waals surface area contributed by atoms with Gasteiger partial charge in [0, 0.05) is 11.8 Å². The summed E-state index contributed by atoms with van der Waals surface area (Å²) in [6.45, 7) is 20.1. The van der Waals surface area contributed by atoms with E-state index in [2.05, 4.69) is 55.4 Å². The van der Waals surface area contributed by atoms with Crippen LogP contribution in [0.25, 0.3) is 11.4 Å². The molecule has 6 nitrogen and oxygen atoms in total. The Morgan fingerprint density at radius 3 is 1.80 bits per heavy atom. The Kier molecular flexibility index (Phi) is 13.9. The van der Waals surface area contributed by atoms with Crippen LogP contribution in [0.15, 0.2) is 36.5 Å². The molecule has 1 aromatic heterocycles. The Labute approximate surface area is 243 Å². The van der Waals surface area contributed by atoms with Crippen molar-refractivity contribution in [3.05, 3.63) is 42.2 Å². The van der Waals surface area contributed by atoms with Crippen LogP contribution in [0.5, 0.6) is 0 Å². The molecule has 0 spiro atoms. The maximum Gasteiger partial charge on any atom is 0.329 e. The number of nitrogens with zero attached hydrogens (tertiary/aromatic N) is 2. The highest BCUT2D eigenvalue weighted by Gasteiger charge is 2.30. The highest BCUT2D eigenvalue weighted by atomic mass is 16.5. The molecule has 0 aliphatic rings. The van der Waals surface area contributed by atoms with Crippen molar-refractivity contribution in [2.45, 2.75) is 100 Å². The summed E-state index contributed by atoms with van der Waals surface area (Å²) in [6.07, 6.45) is 5.93. The van der Waals surface area contributed by atoms with E-state index in [1.165, 1.54) is 0 Å². The minimum Gasteiger partial charge on any atom is -0.465 e. The van der Waals surface area contributed by atoms with E-state index in [0.717, 1.165) is 36.9 Å². The van der Waals surface area contributed by atoms with Crippen molar-refractivity contribution in [1.82, 2.24) is 9.55 Å². The number of esters is 2. The molecule has 1 aromatic carbocycles. The number of rotatable bonds is 17. The van der Waals surface area contributed by atoms with E-state index in [-0.39, 0.29) is 18.3 Å². The Hall–Kier alpha value is -2.63. The number of benzene rings is 1. The lowest BCUT2D eigenvalue weighted by Gasteiger charge is -2.25. The van der Waals surface area contributed by atoms with Gasteiger partial charge in [-0.25, -0.2) is 9.78 Å². The van der Waals surface area contributed by atoms with Gasteiger partial charge in [0.15, 0.2) is 0 Å². The monoisotopic (exact) mass is 554 g/mol. The maximum atomic E-state index is 13.7. The zero-order valence-corrected chi connectivity index (χ0v) is 26.5. The maximum absolute atomic E-state index is 13.7. The summed E-state index contributed by atoms with van der Waals surface area (Å²) in [6, 6.07) is 8.89. The van der Waals surface area contributed by atoms with Crippen LogP contribution in [0.4, 0.5) is 0 Å². The Morgan fingerprint density at radius 1 is 0.775 bits per heavy atom. The molecule has 0 saturated carbocycles. The van der Waals surface area contributed by atoms with Crippen molar-refractivity contribution in [2.75, 3.05) is 13.2 Å². The topological polar surface area (TPSA) is 70.4 Å². The second kappa shape index (κ2) is 16.6. The first kappa shape index (κ1) is 33.6. The van der Waals surface area contributed by atoms with Gasteiger partial charge in [-0.15, -0.1) is 0 Å². The van der Waals surface area contributed by atoms with Gasteiger partial charge in [0.1, 0.15) is 11.9 Å². The molecule has 224 valence electrons. The van der Waals surface area contributed by atoms with E-state index in [1.807, 2.05) is 43.5 Å². The molecule has 0 fully saturated rings. The fraction of sp³-hybridized carbons (Fsp3) is 0.676. The van der Waals surface area contributed by atoms with Crippen LogP contribution >= 0.6 is 0 Å². The molecular formula is C34H54N2O4. The molecule has 0 aliphatic carbocycles. The average Bonchev–Trinajstić information content (AvgIpc) is 3.27. The van der Waals surface area contributed by atoms with Crippen molar-refractivity contribution in [3.8, 4) is 11.4 Å². The molecule has 6 heteroatoms. The lowest BCUT2D eigenvalue weighted by Crippen LogP contribution is -2.29. The van der Waals surface area contributed by atoms with Gasteiger partial charge in [-0.3, -0.25) is 4.79 Å². The van der Waals surface area contributed by atoms with Crippen molar-refractivity contribution in [3.63, 3.8) is 0 Å². The number of carbonyl (C=O) groups excluding carboxylic acids is 2. The lowest BCUT2D eigenvalue weighted by molar-refractivity contribution is -0.156. The quantitative estimate of drug-likeness (QED) is 0.184. The van der Waals surface area contributed by atoms with Crippen LogP contribution in [0.3, 0.4) is 0 Å². The highest BCUT2D eigenvalue weighted by molar-refractivity contribution is 5.82. The highest BCUT2D eigenvalue weighted by Crippen LogP contribution is 2.28. The smallest absolute Gasteiger partial charge is 0.329 e. The fourth-order valence-corrected chi connectivity index (χ4v) is 4.86. The van der Waals surface area contributed by atoms with Gasteiger partial charge in [-0.2, -0.15) is 0 Å². The van der Waals surface area contributed by atoms with Gasteiger partial charge in [-0.1, -0.05) is 98.6 Å². The third-order valence-electron chi connectivity index (χ3n) is 7.87. The van der Waals surface area contributed by atoms with Crippen molar-refractivity contribution >= 4 is 11.9 Å². The standard InChI is InChI=1S/C34H54N2O4/c1-23(2)15-17-29(25(5)6)21-39-32(37)19-31(34(38)40-22-30(26(7)8)18-16-24(3)4)36-20-27(9)35-33(36)28-13-11-10-12-14-28/h10-14,20,23-26,29-31H,15-19,21-22H2,1-9H3. The average molecular weight is 555 g/mol. The van der Waals surface area contributed by atoms with Crippen molar-refractivity contribution in [1.29, 1.82) is 0 Å². The summed E-state index contributed by atoms with van der Waals surface area (Å²) < 4.78 is 13.5. The van der Waals surface area contributed by atoms with Crippen LogP contribution < -0.4 is 0 Å². The number of carbonyl (C=O) groups is 2. The molecular weight excluding hydrogens is 500 g/mol. The lowest BCUT2D eigenvalue weighted by atomic mass is 9.89. The SMILES string of the molecule is Cc1cn(C(CC(=O)OCC(CCC(C)C)C(C)C)C(=O)OCC(CCC(C)C)C(C)C)c(-c2ccccc2)n1. The molecule has 1 heterocycles. The Bertz CT molecular complexity index is 1030. The summed E-state index contributed by atoms with van der Waals surface area (Å²) in [5.41, 5.74) is 1.66. The van der Waals surface area contributed by atoms with E-state index in [1.54, 1.807) is 4.57 Å². The molecule has 0 bridgehead atoms.